The molecule has 0 radical (unpaired) electrons. The van der Waals surface area contributed by atoms with Gasteiger partial charge in [0.15, 0.2) is 5.69 Å². The van der Waals surface area contributed by atoms with E-state index in [4.69, 9.17) is 4.74 Å². The summed E-state index contributed by atoms with van der Waals surface area (Å²) < 4.78 is 47.8. The number of carbonyl (C=O) groups excluding carboxylic acids is 1. The minimum absolute atomic E-state index is 0.105. The Morgan fingerprint density at radius 3 is 2.61 bits per heavy atom. The van der Waals surface area contributed by atoms with Gasteiger partial charge >= 0.3 is 12.2 Å². The van der Waals surface area contributed by atoms with E-state index in [0.717, 1.165) is 22.5 Å². The zero-order valence-electron chi connectivity index (χ0n) is 17.8. The third kappa shape index (κ3) is 4.92. The smallest absolute Gasteiger partial charge is 0.435 e. The number of hydrogen-bond acceptors (Lipinski definition) is 4. The number of hydrogen-bond donors (Lipinski definition) is 2. The summed E-state index contributed by atoms with van der Waals surface area (Å²) in [6, 6.07) is 12.7. The number of halogens is 3. The predicted octanol–water partition coefficient (Wildman–Crippen LogP) is 4.17. The number of nitrogens with zero attached hydrogens (tertiary/aromatic N) is 4. The van der Waals surface area contributed by atoms with Crippen LogP contribution in [0.5, 0.6) is 5.75 Å². The number of carbonyl (C=O) groups is 1. The van der Waals surface area contributed by atoms with E-state index >= 15 is 0 Å². The summed E-state index contributed by atoms with van der Waals surface area (Å²) in [7, 11) is 3.32. The van der Waals surface area contributed by atoms with Gasteiger partial charge in [-0.1, -0.05) is 18.2 Å². The average Bonchev–Trinajstić information content (AvgIpc) is 3.37. The summed E-state index contributed by atoms with van der Waals surface area (Å²) in [4.78, 5) is 12.5. The Hall–Kier alpha value is -4.02. The fraction of sp³-hybridized carbons (Fsp3) is 0.227. The van der Waals surface area contributed by atoms with Gasteiger partial charge in [0.25, 0.3) is 0 Å². The summed E-state index contributed by atoms with van der Waals surface area (Å²) in [5, 5.41) is 13.9. The molecule has 4 aromatic rings. The maximum atomic E-state index is 13.3. The highest BCUT2D eigenvalue weighted by Gasteiger charge is 2.35. The van der Waals surface area contributed by atoms with Gasteiger partial charge < -0.3 is 15.4 Å². The van der Waals surface area contributed by atoms with Crippen LogP contribution < -0.4 is 15.4 Å². The van der Waals surface area contributed by atoms with E-state index in [1.165, 1.54) is 11.8 Å². The van der Waals surface area contributed by atoms with Crippen LogP contribution in [0.1, 0.15) is 17.0 Å². The van der Waals surface area contributed by atoms with Gasteiger partial charge in [-0.25, -0.2) is 4.79 Å². The van der Waals surface area contributed by atoms with Crippen molar-refractivity contribution in [3.63, 3.8) is 0 Å². The molecular weight excluding hydrogens is 437 g/mol. The number of methoxy groups -OCH3 is 1. The summed E-state index contributed by atoms with van der Waals surface area (Å²) in [6.45, 7) is -0.0399. The molecule has 0 aliphatic carbocycles. The van der Waals surface area contributed by atoms with Gasteiger partial charge in [0.2, 0.25) is 0 Å². The fourth-order valence-electron chi connectivity index (χ4n) is 3.40. The van der Waals surface area contributed by atoms with Crippen LogP contribution in [0, 0.1) is 0 Å². The van der Waals surface area contributed by atoms with E-state index in [-0.39, 0.29) is 18.8 Å². The molecule has 0 aliphatic rings. The number of aryl methyl sites for hydroxylation is 1. The molecule has 0 unspecified atom stereocenters. The summed E-state index contributed by atoms with van der Waals surface area (Å²) in [5.74, 6) is 0.636. The molecule has 2 amide bonds. The van der Waals surface area contributed by atoms with Gasteiger partial charge in [0, 0.05) is 12.4 Å². The summed E-state index contributed by atoms with van der Waals surface area (Å²) in [6.07, 6.45) is -2.97. The van der Waals surface area contributed by atoms with Crippen molar-refractivity contribution in [1.29, 1.82) is 0 Å². The molecule has 4 rings (SSSR count). The van der Waals surface area contributed by atoms with Crippen molar-refractivity contribution in [1.82, 2.24) is 24.9 Å². The number of benzene rings is 2. The third-order valence-corrected chi connectivity index (χ3v) is 5.12. The van der Waals surface area contributed by atoms with Crippen molar-refractivity contribution < 1.29 is 22.7 Å². The predicted molar refractivity (Wildman–Crippen MR) is 116 cm³/mol. The largest absolute Gasteiger partial charge is 0.497 e. The molecule has 0 saturated heterocycles. The first-order chi connectivity index (χ1) is 15.7. The van der Waals surface area contributed by atoms with Crippen LogP contribution in [0.15, 0.2) is 54.7 Å². The number of fused-ring (bicyclic) bond motifs is 1. The fourth-order valence-corrected chi connectivity index (χ4v) is 3.40. The Balaban J connectivity index is 1.50. The molecular formula is C22H21F3N6O2. The van der Waals surface area contributed by atoms with Crippen molar-refractivity contribution in [2.75, 3.05) is 12.4 Å². The molecule has 2 heterocycles. The number of aromatic nitrogens is 4. The number of amides is 2. The molecule has 8 nitrogen and oxygen atoms in total. The molecule has 0 saturated carbocycles. The minimum Gasteiger partial charge on any atom is -0.497 e. The van der Waals surface area contributed by atoms with Gasteiger partial charge in [-0.15, -0.1) is 0 Å². The molecule has 2 N–H and O–H groups in total. The van der Waals surface area contributed by atoms with E-state index in [2.05, 4.69) is 20.8 Å². The van der Waals surface area contributed by atoms with E-state index in [1.54, 1.807) is 54.3 Å². The van der Waals surface area contributed by atoms with E-state index < -0.39 is 17.9 Å². The highest BCUT2D eigenvalue weighted by atomic mass is 19.4. The van der Waals surface area contributed by atoms with Gasteiger partial charge in [0.1, 0.15) is 5.75 Å². The van der Waals surface area contributed by atoms with Gasteiger partial charge in [-0.2, -0.15) is 23.4 Å². The van der Waals surface area contributed by atoms with Crippen LogP contribution in [-0.2, 0) is 26.3 Å². The maximum Gasteiger partial charge on any atom is 0.435 e. The van der Waals surface area contributed by atoms with Crippen molar-refractivity contribution in [3.05, 3.63) is 71.7 Å². The first-order valence-electron chi connectivity index (χ1n) is 9.97. The van der Waals surface area contributed by atoms with Crippen molar-refractivity contribution in [2.45, 2.75) is 19.3 Å². The second-order valence-electron chi connectivity index (χ2n) is 7.34. The minimum atomic E-state index is -4.60. The van der Waals surface area contributed by atoms with Crippen LogP contribution in [-0.4, -0.2) is 32.7 Å². The topological polar surface area (TPSA) is 86.0 Å². The Morgan fingerprint density at radius 1 is 1.15 bits per heavy atom. The van der Waals surface area contributed by atoms with Crippen LogP contribution in [0.2, 0.25) is 0 Å². The van der Waals surface area contributed by atoms with E-state index in [1.807, 2.05) is 6.07 Å². The van der Waals surface area contributed by atoms with Crippen molar-refractivity contribution in [2.24, 2.45) is 7.05 Å². The van der Waals surface area contributed by atoms with E-state index in [0.29, 0.717) is 11.4 Å². The second-order valence-corrected chi connectivity index (χ2v) is 7.34. The quantitative estimate of drug-likeness (QED) is 0.454. The highest BCUT2D eigenvalue weighted by molar-refractivity contribution is 6.00. The first-order valence-corrected chi connectivity index (χ1v) is 9.97. The van der Waals surface area contributed by atoms with Gasteiger partial charge in [-0.05, 0) is 35.9 Å². The van der Waals surface area contributed by atoms with Crippen LogP contribution >= 0.6 is 0 Å². The highest BCUT2D eigenvalue weighted by Crippen LogP contribution is 2.29. The van der Waals surface area contributed by atoms with Crippen LogP contribution in [0.3, 0.4) is 0 Å². The number of nitrogens with one attached hydrogen (secondary N) is 2. The van der Waals surface area contributed by atoms with Crippen LogP contribution in [0.4, 0.5) is 23.7 Å². The monoisotopic (exact) mass is 458 g/mol. The average molecular weight is 458 g/mol. The molecule has 2 aromatic carbocycles. The molecule has 0 aliphatic heterocycles. The molecule has 0 spiro atoms. The lowest BCUT2D eigenvalue weighted by atomic mass is 10.2. The standard InChI is InChI=1S/C22H21F3N6O2/c1-30-19-5-3-4-18(17(19)12-27-30)28-21(32)26-11-15-10-20(22(23,24)25)29-31(15)13-14-6-8-16(33-2)9-7-14/h3-10,12H,11,13H2,1-2H3,(H2,26,28,32). The number of anilines is 1. The normalized spacial score (nSPS) is 11.5. The number of alkyl halides is 3. The number of rotatable bonds is 6. The molecule has 2 aromatic heterocycles. The molecule has 11 heteroatoms. The Labute approximate surface area is 187 Å². The zero-order chi connectivity index (χ0) is 23.6. The second kappa shape index (κ2) is 8.85. The maximum absolute atomic E-state index is 13.3. The van der Waals surface area contributed by atoms with Crippen molar-refractivity contribution in [3.8, 4) is 5.75 Å². The SMILES string of the molecule is COc1ccc(Cn2nc(C(F)(F)F)cc2CNC(=O)Nc2cccc3c2cnn3C)cc1. The number of urea groups is 1. The first kappa shape index (κ1) is 22.2. The molecule has 0 atom stereocenters. The van der Waals surface area contributed by atoms with Crippen molar-refractivity contribution >= 4 is 22.6 Å². The Morgan fingerprint density at radius 2 is 1.91 bits per heavy atom. The molecule has 0 bridgehead atoms. The van der Waals surface area contributed by atoms with E-state index in [9.17, 15) is 18.0 Å². The molecule has 0 fully saturated rings. The zero-order valence-corrected chi connectivity index (χ0v) is 17.8. The van der Waals surface area contributed by atoms with Gasteiger partial charge in [0.05, 0.1) is 43.3 Å². The lowest BCUT2D eigenvalue weighted by Gasteiger charge is -2.11. The summed E-state index contributed by atoms with van der Waals surface area (Å²) in [5.41, 5.74) is 1.31. The third-order valence-electron chi connectivity index (χ3n) is 5.12. The van der Waals surface area contributed by atoms with Gasteiger partial charge in [-0.3, -0.25) is 9.36 Å². The lowest BCUT2D eigenvalue weighted by Crippen LogP contribution is -2.29. The molecule has 33 heavy (non-hydrogen) atoms. The molecule has 172 valence electrons. The number of ether oxygens (including phenoxy) is 1. The Bertz CT molecular complexity index is 1280. The van der Waals surface area contributed by atoms with Crippen LogP contribution in [0.25, 0.3) is 10.9 Å². The Kier molecular flexibility index (Phi) is 5.95. The summed E-state index contributed by atoms with van der Waals surface area (Å²) >= 11 is 0. The lowest BCUT2D eigenvalue weighted by molar-refractivity contribution is -0.141.